The lowest BCUT2D eigenvalue weighted by Gasteiger charge is -2.32. The van der Waals surface area contributed by atoms with E-state index < -0.39 is 0 Å². The number of carbonyl (C=O) groups excluding carboxylic acids is 2. The summed E-state index contributed by atoms with van der Waals surface area (Å²) in [5, 5.41) is 1.17. The lowest BCUT2D eigenvalue weighted by atomic mass is 9.89. The van der Waals surface area contributed by atoms with Gasteiger partial charge in [0.1, 0.15) is 5.65 Å². The molecule has 2 amide bonds. The van der Waals surface area contributed by atoms with Gasteiger partial charge in [-0.2, -0.15) is 0 Å². The van der Waals surface area contributed by atoms with Crippen molar-refractivity contribution in [3.05, 3.63) is 65.5 Å². The molecule has 0 saturated carbocycles. The van der Waals surface area contributed by atoms with Crippen molar-refractivity contribution in [2.24, 2.45) is 0 Å². The Labute approximate surface area is 164 Å². The van der Waals surface area contributed by atoms with Crippen molar-refractivity contribution in [3.8, 4) is 0 Å². The van der Waals surface area contributed by atoms with Crippen LogP contribution >= 0.6 is 0 Å². The smallest absolute Gasteiger partial charge is 0.253 e. The summed E-state index contributed by atoms with van der Waals surface area (Å²) in [6.07, 6.45) is 5.72. The summed E-state index contributed by atoms with van der Waals surface area (Å²) in [6.45, 7) is 1.46. The number of aromatic amines is 1. The largest absolute Gasteiger partial charge is 0.346 e. The molecule has 1 N–H and O–H groups in total. The van der Waals surface area contributed by atoms with Gasteiger partial charge in [-0.1, -0.05) is 0 Å². The maximum absolute atomic E-state index is 12.8. The molecule has 2 aromatic heterocycles. The van der Waals surface area contributed by atoms with E-state index in [1.807, 2.05) is 11.0 Å². The van der Waals surface area contributed by atoms with Crippen LogP contribution in [0.1, 0.15) is 45.0 Å². The number of piperidine rings is 1. The molecule has 0 radical (unpaired) electrons. The molecule has 1 aliphatic rings. The van der Waals surface area contributed by atoms with Gasteiger partial charge in [-0.05, 0) is 60.7 Å². The Morgan fingerprint density at radius 1 is 1.07 bits per heavy atom. The van der Waals surface area contributed by atoms with Gasteiger partial charge in [0.2, 0.25) is 0 Å². The fourth-order valence-corrected chi connectivity index (χ4v) is 3.90. The summed E-state index contributed by atoms with van der Waals surface area (Å²) in [5.41, 5.74) is 3.43. The average Bonchev–Trinajstić information content (AvgIpc) is 3.17. The number of aromatic nitrogens is 2. The zero-order chi connectivity index (χ0) is 19.7. The summed E-state index contributed by atoms with van der Waals surface area (Å²) in [4.78, 5) is 35.9. The fourth-order valence-electron chi connectivity index (χ4n) is 3.90. The summed E-state index contributed by atoms with van der Waals surface area (Å²) < 4.78 is 0. The monoisotopic (exact) mass is 376 g/mol. The third-order valence-corrected chi connectivity index (χ3v) is 5.49. The summed E-state index contributed by atoms with van der Waals surface area (Å²) >= 11 is 0. The number of nitrogens with zero attached hydrogens (tertiary/aromatic N) is 3. The Bertz CT molecular complexity index is 999. The maximum Gasteiger partial charge on any atom is 0.253 e. The molecule has 0 spiro atoms. The highest BCUT2D eigenvalue weighted by atomic mass is 16.2. The number of H-pyrrole nitrogens is 1. The third-order valence-electron chi connectivity index (χ3n) is 5.49. The normalized spacial score (nSPS) is 15.0. The number of likely N-dealkylation sites (tertiary alicyclic amines) is 1. The lowest BCUT2D eigenvalue weighted by Crippen LogP contribution is -2.37. The van der Waals surface area contributed by atoms with E-state index in [9.17, 15) is 9.59 Å². The van der Waals surface area contributed by atoms with Crippen molar-refractivity contribution in [3.63, 3.8) is 0 Å². The number of fused-ring (bicyclic) bond motifs is 1. The molecule has 28 heavy (non-hydrogen) atoms. The van der Waals surface area contributed by atoms with Crippen LogP contribution in [0.25, 0.3) is 11.0 Å². The second-order valence-corrected chi connectivity index (χ2v) is 7.49. The van der Waals surface area contributed by atoms with Crippen molar-refractivity contribution in [1.29, 1.82) is 0 Å². The van der Waals surface area contributed by atoms with E-state index in [0.717, 1.165) is 31.6 Å². The molecule has 1 saturated heterocycles. The van der Waals surface area contributed by atoms with Crippen molar-refractivity contribution >= 4 is 22.8 Å². The van der Waals surface area contributed by atoms with Gasteiger partial charge in [-0.3, -0.25) is 9.59 Å². The van der Waals surface area contributed by atoms with E-state index in [4.69, 9.17) is 0 Å². The Kier molecular flexibility index (Phi) is 4.86. The van der Waals surface area contributed by atoms with Crippen LogP contribution in [-0.2, 0) is 0 Å². The number of hydrogen-bond donors (Lipinski definition) is 1. The van der Waals surface area contributed by atoms with Crippen molar-refractivity contribution in [1.82, 2.24) is 19.8 Å². The minimum Gasteiger partial charge on any atom is -0.346 e. The van der Waals surface area contributed by atoms with E-state index in [1.165, 1.54) is 15.8 Å². The molecule has 6 heteroatoms. The van der Waals surface area contributed by atoms with Crippen LogP contribution in [0.3, 0.4) is 0 Å². The van der Waals surface area contributed by atoms with Gasteiger partial charge in [0, 0.05) is 56.1 Å². The van der Waals surface area contributed by atoms with Crippen LogP contribution in [-0.4, -0.2) is 58.8 Å². The standard InChI is InChI=1S/C22H24N4O2/c1-25(2)21(27)16-5-7-17(8-6-16)22(28)26-12-9-15(10-13-26)19-14-24-20-18(19)4-3-11-23-20/h3-8,11,14-15H,9-10,12-13H2,1-2H3,(H,23,24). The number of hydrogen-bond acceptors (Lipinski definition) is 3. The molecular weight excluding hydrogens is 352 g/mol. The third kappa shape index (κ3) is 3.38. The number of rotatable bonds is 3. The highest BCUT2D eigenvalue weighted by molar-refractivity contribution is 5.97. The number of pyridine rings is 1. The zero-order valence-corrected chi connectivity index (χ0v) is 16.2. The van der Waals surface area contributed by atoms with Gasteiger partial charge in [-0.25, -0.2) is 4.98 Å². The topological polar surface area (TPSA) is 69.3 Å². The van der Waals surface area contributed by atoms with Gasteiger partial charge in [0.25, 0.3) is 11.8 Å². The van der Waals surface area contributed by atoms with Crippen LogP contribution in [0.15, 0.2) is 48.8 Å². The first-order chi connectivity index (χ1) is 13.5. The first kappa shape index (κ1) is 18.2. The number of amides is 2. The molecular formula is C22H24N4O2. The van der Waals surface area contributed by atoms with Crippen LogP contribution < -0.4 is 0 Å². The zero-order valence-electron chi connectivity index (χ0n) is 16.2. The molecule has 1 aromatic carbocycles. The van der Waals surface area contributed by atoms with Gasteiger partial charge >= 0.3 is 0 Å². The number of carbonyl (C=O) groups is 2. The molecule has 0 atom stereocenters. The molecule has 0 bridgehead atoms. The van der Waals surface area contributed by atoms with Gasteiger partial charge < -0.3 is 14.8 Å². The van der Waals surface area contributed by atoms with E-state index in [-0.39, 0.29) is 11.8 Å². The maximum atomic E-state index is 12.8. The van der Waals surface area contributed by atoms with Crippen molar-refractivity contribution in [2.75, 3.05) is 27.2 Å². The van der Waals surface area contributed by atoms with E-state index in [0.29, 0.717) is 17.0 Å². The minimum absolute atomic E-state index is 0.0305. The van der Waals surface area contributed by atoms with E-state index >= 15 is 0 Å². The average molecular weight is 376 g/mol. The molecule has 144 valence electrons. The predicted molar refractivity (Wildman–Crippen MR) is 108 cm³/mol. The minimum atomic E-state index is -0.0620. The summed E-state index contributed by atoms with van der Waals surface area (Å²) in [7, 11) is 3.44. The molecule has 6 nitrogen and oxygen atoms in total. The van der Waals surface area contributed by atoms with Crippen LogP contribution in [0.4, 0.5) is 0 Å². The Morgan fingerprint density at radius 2 is 1.75 bits per heavy atom. The molecule has 1 aliphatic heterocycles. The van der Waals surface area contributed by atoms with E-state index in [1.54, 1.807) is 44.6 Å². The summed E-state index contributed by atoms with van der Waals surface area (Å²) in [5.74, 6) is 0.401. The highest BCUT2D eigenvalue weighted by Crippen LogP contribution is 2.32. The lowest BCUT2D eigenvalue weighted by molar-refractivity contribution is 0.0712. The second-order valence-electron chi connectivity index (χ2n) is 7.49. The number of benzene rings is 1. The van der Waals surface area contributed by atoms with Crippen LogP contribution in [0.2, 0.25) is 0 Å². The molecule has 3 aromatic rings. The fraction of sp³-hybridized carbons (Fsp3) is 0.318. The Morgan fingerprint density at radius 3 is 2.43 bits per heavy atom. The van der Waals surface area contributed by atoms with Crippen LogP contribution in [0.5, 0.6) is 0 Å². The number of nitrogens with one attached hydrogen (secondary N) is 1. The van der Waals surface area contributed by atoms with Gasteiger partial charge in [0.05, 0.1) is 0 Å². The molecule has 0 aliphatic carbocycles. The Balaban J connectivity index is 1.42. The van der Waals surface area contributed by atoms with Crippen molar-refractivity contribution in [2.45, 2.75) is 18.8 Å². The highest BCUT2D eigenvalue weighted by Gasteiger charge is 2.26. The Hall–Kier alpha value is -3.15. The van der Waals surface area contributed by atoms with Crippen molar-refractivity contribution < 1.29 is 9.59 Å². The first-order valence-electron chi connectivity index (χ1n) is 9.57. The molecule has 1 fully saturated rings. The quantitative estimate of drug-likeness (QED) is 0.763. The van der Waals surface area contributed by atoms with Gasteiger partial charge in [-0.15, -0.1) is 0 Å². The SMILES string of the molecule is CN(C)C(=O)c1ccc(C(=O)N2CCC(c3c[nH]c4ncccc34)CC2)cc1. The predicted octanol–water partition coefficient (Wildman–Crippen LogP) is 3.28. The summed E-state index contributed by atoms with van der Waals surface area (Å²) in [6, 6.07) is 11.0. The first-order valence-corrected chi connectivity index (χ1v) is 9.57. The van der Waals surface area contributed by atoms with Crippen LogP contribution in [0, 0.1) is 0 Å². The molecule has 3 heterocycles. The molecule has 0 unspecified atom stereocenters. The van der Waals surface area contributed by atoms with Gasteiger partial charge in [0.15, 0.2) is 0 Å². The van der Waals surface area contributed by atoms with E-state index in [2.05, 4.69) is 22.2 Å². The second kappa shape index (κ2) is 7.46. The molecule has 4 rings (SSSR count).